The lowest BCUT2D eigenvalue weighted by Gasteiger charge is -2.41. The van der Waals surface area contributed by atoms with E-state index < -0.39 is 0 Å². The van der Waals surface area contributed by atoms with E-state index >= 15 is 0 Å². The summed E-state index contributed by atoms with van der Waals surface area (Å²) in [5.74, 6) is 0.971. The number of rotatable bonds is 5. The van der Waals surface area contributed by atoms with Crippen molar-refractivity contribution in [1.82, 2.24) is 34.3 Å². The molecule has 7 rings (SSSR count). The van der Waals surface area contributed by atoms with Gasteiger partial charge in [-0.2, -0.15) is 0 Å². The van der Waals surface area contributed by atoms with Crippen molar-refractivity contribution in [2.24, 2.45) is 0 Å². The van der Waals surface area contributed by atoms with Gasteiger partial charge >= 0.3 is 0 Å². The fourth-order valence-electron chi connectivity index (χ4n) is 6.48. The number of halogens is 2. The number of nitrogens with two attached hydrogens (primary N) is 1. The maximum absolute atomic E-state index is 6.44. The molecule has 1 saturated heterocycles. The molecule has 0 spiro atoms. The Hall–Kier alpha value is -3.50. The second kappa shape index (κ2) is 11.3. The highest BCUT2D eigenvalue weighted by molar-refractivity contribution is 6.38. The highest BCUT2D eigenvalue weighted by Gasteiger charge is 2.30. The van der Waals surface area contributed by atoms with Gasteiger partial charge < -0.3 is 20.5 Å². The molecule has 0 bridgehead atoms. The molecule has 4 heterocycles. The summed E-state index contributed by atoms with van der Waals surface area (Å²) in [5, 5.41) is 6.01. The van der Waals surface area contributed by atoms with Gasteiger partial charge in [0.1, 0.15) is 17.8 Å². The Morgan fingerprint density at radius 1 is 0.905 bits per heavy atom. The Kier molecular flexibility index (Phi) is 7.35. The molecule has 0 radical (unpaired) electrons. The van der Waals surface area contributed by atoms with Crippen molar-refractivity contribution < 1.29 is 0 Å². The molecule has 9 nitrogen and oxygen atoms in total. The minimum absolute atomic E-state index is 0.396. The van der Waals surface area contributed by atoms with E-state index in [1.54, 1.807) is 24.7 Å². The predicted octanol–water partition coefficient (Wildman–Crippen LogP) is 6.41. The van der Waals surface area contributed by atoms with Crippen LogP contribution in [0.1, 0.15) is 31.7 Å². The molecular formula is C31H33Cl2N9. The second-order valence-corrected chi connectivity index (χ2v) is 12.3. The minimum atomic E-state index is 0.396. The summed E-state index contributed by atoms with van der Waals surface area (Å²) in [6.45, 7) is 4.67. The lowest BCUT2D eigenvalue weighted by molar-refractivity contribution is 0.0828. The van der Waals surface area contributed by atoms with Crippen molar-refractivity contribution in [2.75, 3.05) is 44.3 Å². The number of fused-ring (bicyclic) bond motifs is 2. The van der Waals surface area contributed by atoms with Gasteiger partial charge in [-0.1, -0.05) is 35.3 Å². The number of aromatic nitrogens is 5. The Bertz CT molecular complexity index is 1740. The van der Waals surface area contributed by atoms with Crippen molar-refractivity contribution >= 4 is 62.6 Å². The lowest BCUT2D eigenvalue weighted by atomic mass is 9.89. The van der Waals surface area contributed by atoms with Crippen LogP contribution in [0.3, 0.4) is 0 Å². The molecular weight excluding hydrogens is 569 g/mol. The smallest absolute Gasteiger partial charge is 0.227 e. The third-order valence-corrected chi connectivity index (χ3v) is 9.35. The van der Waals surface area contributed by atoms with E-state index in [4.69, 9.17) is 33.9 Å². The van der Waals surface area contributed by atoms with Crippen molar-refractivity contribution in [3.8, 4) is 11.1 Å². The predicted molar refractivity (Wildman–Crippen MR) is 171 cm³/mol. The first-order valence-electron chi connectivity index (χ1n) is 14.5. The van der Waals surface area contributed by atoms with Crippen LogP contribution >= 0.6 is 23.2 Å². The molecule has 0 atom stereocenters. The van der Waals surface area contributed by atoms with Crippen LogP contribution in [0.5, 0.6) is 0 Å². The monoisotopic (exact) mass is 601 g/mol. The number of likely N-dealkylation sites (N-methyl/N-ethyl adjacent to an activating group) is 1. The fraction of sp³-hybridized carbons (Fsp3) is 0.355. The van der Waals surface area contributed by atoms with Gasteiger partial charge in [-0.25, -0.2) is 19.9 Å². The van der Waals surface area contributed by atoms with Crippen molar-refractivity contribution in [1.29, 1.82) is 0 Å². The molecule has 1 saturated carbocycles. The van der Waals surface area contributed by atoms with Gasteiger partial charge in [-0.3, -0.25) is 4.90 Å². The van der Waals surface area contributed by atoms with Crippen LogP contribution < -0.4 is 11.1 Å². The van der Waals surface area contributed by atoms with Crippen LogP contribution in [0.4, 0.5) is 17.5 Å². The molecule has 3 N–H and O–H groups in total. The molecule has 0 unspecified atom stereocenters. The zero-order valence-corrected chi connectivity index (χ0v) is 25.0. The third-order valence-electron chi connectivity index (χ3n) is 8.82. The first kappa shape index (κ1) is 27.3. The third kappa shape index (κ3) is 5.26. The van der Waals surface area contributed by atoms with Crippen LogP contribution in [-0.2, 0) is 0 Å². The van der Waals surface area contributed by atoms with E-state index in [2.05, 4.69) is 60.0 Å². The van der Waals surface area contributed by atoms with E-state index in [1.165, 1.54) is 25.9 Å². The molecule has 42 heavy (non-hydrogen) atoms. The summed E-state index contributed by atoms with van der Waals surface area (Å²) in [4.78, 5) is 23.2. The van der Waals surface area contributed by atoms with Crippen molar-refractivity contribution in [3.05, 3.63) is 65.2 Å². The van der Waals surface area contributed by atoms with Crippen LogP contribution in [0.25, 0.3) is 33.1 Å². The molecule has 2 fully saturated rings. The van der Waals surface area contributed by atoms with Crippen LogP contribution in [0, 0.1) is 0 Å². The number of nitrogens with zero attached hydrogens (tertiary/aromatic N) is 7. The quantitative estimate of drug-likeness (QED) is 0.238. The average Bonchev–Trinajstić information content (AvgIpc) is 3.39. The topological polar surface area (TPSA) is 101 Å². The summed E-state index contributed by atoms with van der Waals surface area (Å²) < 4.78 is 2.34. The lowest BCUT2D eigenvalue weighted by Crippen LogP contribution is -2.49. The molecule has 0 amide bonds. The van der Waals surface area contributed by atoms with Gasteiger partial charge in [0.05, 0.1) is 15.9 Å². The molecule has 2 aliphatic rings. The SMILES string of the molecule is CN1CCN(C2CCC(n3cc(-c4ccc(Nc5ncc6c(Cl)cc(Cl)cc6n5)cc4)c4c(N)ncnc43)CC2)CC1. The number of nitrogens with one attached hydrogen (secondary N) is 1. The fourth-order valence-corrected chi connectivity index (χ4v) is 7.01. The summed E-state index contributed by atoms with van der Waals surface area (Å²) in [5.41, 5.74) is 11.0. The Morgan fingerprint density at radius 2 is 1.64 bits per heavy atom. The highest BCUT2D eigenvalue weighted by Crippen LogP contribution is 2.39. The maximum atomic E-state index is 6.44. The minimum Gasteiger partial charge on any atom is -0.383 e. The number of piperazine rings is 1. The Morgan fingerprint density at radius 3 is 2.40 bits per heavy atom. The normalized spacial score (nSPS) is 20.4. The van der Waals surface area contributed by atoms with Gasteiger partial charge in [0, 0.05) is 72.3 Å². The number of anilines is 3. The van der Waals surface area contributed by atoms with E-state index in [1.807, 2.05) is 12.1 Å². The number of hydrogen-bond donors (Lipinski definition) is 2. The van der Waals surface area contributed by atoms with Crippen molar-refractivity contribution in [2.45, 2.75) is 37.8 Å². The average molecular weight is 603 g/mol. The molecule has 2 aromatic carbocycles. The first-order valence-corrected chi connectivity index (χ1v) is 15.2. The first-order chi connectivity index (χ1) is 20.4. The standard InChI is InChI=1S/C31H33Cl2N9/c1-40-10-12-41(13-11-40)22-6-8-23(9-7-22)42-17-25(28-29(34)36-18-37-30(28)42)19-2-4-21(5-3-19)38-31-35-16-24-26(33)14-20(32)15-27(24)39-31/h2-5,14-18,22-23H,6-13H2,1H3,(H2,34,36,37)(H,35,38,39). The van der Waals surface area contributed by atoms with E-state index in [9.17, 15) is 0 Å². The van der Waals surface area contributed by atoms with Gasteiger partial charge in [0.2, 0.25) is 5.95 Å². The van der Waals surface area contributed by atoms with Crippen LogP contribution in [-0.4, -0.2) is 73.6 Å². The van der Waals surface area contributed by atoms with E-state index in [-0.39, 0.29) is 0 Å². The molecule has 216 valence electrons. The molecule has 1 aliphatic heterocycles. The highest BCUT2D eigenvalue weighted by atomic mass is 35.5. The van der Waals surface area contributed by atoms with E-state index in [0.29, 0.717) is 39.4 Å². The van der Waals surface area contributed by atoms with Crippen LogP contribution in [0.2, 0.25) is 10.0 Å². The largest absolute Gasteiger partial charge is 0.383 e. The summed E-state index contributed by atoms with van der Waals surface area (Å²) in [7, 11) is 2.22. The molecule has 3 aromatic heterocycles. The summed E-state index contributed by atoms with van der Waals surface area (Å²) >= 11 is 12.5. The second-order valence-electron chi connectivity index (χ2n) is 11.4. The van der Waals surface area contributed by atoms with Gasteiger partial charge in [-0.05, 0) is 62.6 Å². The summed E-state index contributed by atoms with van der Waals surface area (Å²) in [6.07, 6.45) is 10.2. The number of nitrogen functional groups attached to an aromatic ring is 1. The van der Waals surface area contributed by atoms with Crippen LogP contribution in [0.15, 0.2) is 55.1 Å². The Labute approximate surface area is 254 Å². The molecule has 5 aromatic rings. The Balaban J connectivity index is 1.12. The number of hydrogen-bond acceptors (Lipinski definition) is 8. The van der Waals surface area contributed by atoms with Gasteiger partial charge in [0.25, 0.3) is 0 Å². The van der Waals surface area contributed by atoms with Gasteiger partial charge in [0.15, 0.2) is 0 Å². The van der Waals surface area contributed by atoms with Gasteiger partial charge in [-0.15, -0.1) is 0 Å². The van der Waals surface area contributed by atoms with Crippen molar-refractivity contribution in [3.63, 3.8) is 0 Å². The summed E-state index contributed by atoms with van der Waals surface area (Å²) in [6, 6.07) is 12.7. The van der Waals surface area contributed by atoms with E-state index in [0.717, 1.165) is 59.2 Å². The zero-order chi connectivity index (χ0) is 28.8. The molecule has 11 heteroatoms. The zero-order valence-electron chi connectivity index (χ0n) is 23.5. The number of benzene rings is 2. The molecule has 1 aliphatic carbocycles. The maximum Gasteiger partial charge on any atom is 0.227 e.